The number of carbonyl (C=O) groups excluding carboxylic acids is 1. The first-order chi connectivity index (χ1) is 13.0. The van der Waals surface area contributed by atoms with E-state index in [1.807, 2.05) is 0 Å². The van der Waals surface area contributed by atoms with Crippen LogP contribution in [0.15, 0.2) is 83.8 Å². The van der Waals surface area contributed by atoms with E-state index in [0.717, 1.165) is 0 Å². The molecule has 27 heavy (non-hydrogen) atoms. The van der Waals surface area contributed by atoms with Gasteiger partial charge in [-0.25, -0.2) is 8.42 Å². The molecule has 0 fully saturated rings. The van der Waals surface area contributed by atoms with Crippen molar-refractivity contribution in [1.29, 1.82) is 0 Å². The molecule has 2 N–H and O–H groups in total. The Morgan fingerprint density at radius 1 is 0.852 bits per heavy atom. The van der Waals surface area contributed by atoms with Gasteiger partial charge in [0.25, 0.3) is 15.9 Å². The highest BCUT2D eigenvalue weighted by molar-refractivity contribution is 7.92. The number of sulfonamides is 1. The normalized spacial score (nSPS) is 10.6. The van der Waals surface area contributed by atoms with E-state index in [1.165, 1.54) is 24.3 Å². The highest BCUT2D eigenvalue weighted by atomic mass is 32.2. The fourth-order valence-electron chi connectivity index (χ4n) is 2.40. The summed E-state index contributed by atoms with van der Waals surface area (Å²) in [6.07, 6.45) is 5.35. The van der Waals surface area contributed by atoms with E-state index < -0.39 is 10.0 Å². The van der Waals surface area contributed by atoms with Crippen LogP contribution in [0.4, 0.5) is 11.4 Å². The Morgan fingerprint density at radius 3 is 2.19 bits per heavy atom. The number of hydrogen-bond donors (Lipinski definition) is 2. The number of benzene rings is 3. The predicted octanol–water partition coefficient (Wildman–Crippen LogP) is 3.72. The number of nitrogens with one attached hydrogen (secondary N) is 2. The lowest BCUT2D eigenvalue weighted by molar-refractivity contribution is 0.102. The first kappa shape index (κ1) is 18.2. The van der Waals surface area contributed by atoms with E-state index in [2.05, 4.69) is 16.0 Å². The number of para-hydroxylation sites is 1. The summed E-state index contributed by atoms with van der Waals surface area (Å²) >= 11 is 0. The van der Waals surface area contributed by atoms with Gasteiger partial charge in [-0.3, -0.25) is 9.52 Å². The molecular formula is C21H16N2O3S. The summed E-state index contributed by atoms with van der Waals surface area (Å²) in [6, 6.07) is 21.2. The molecular weight excluding hydrogens is 360 g/mol. The predicted molar refractivity (Wildman–Crippen MR) is 106 cm³/mol. The van der Waals surface area contributed by atoms with Crippen LogP contribution in [0.5, 0.6) is 0 Å². The van der Waals surface area contributed by atoms with Crippen molar-refractivity contribution in [2.24, 2.45) is 0 Å². The third kappa shape index (κ3) is 4.54. The van der Waals surface area contributed by atoms with E-state index >= 15 is 0 Å². The molecule has 5 nitrogen and oxygen atoms in total. The topological polar surface area (TPSA) is 75.3 Å². The third-order valence-corrected chi connectivity index (χ3v) is 5.14. The zero-order chi connectivity index (χ0) is 19.3. The number of rotatable bonds is 5. The summed E-state index contributed by atoms with van der Waals surface area (Å²) in [5.41, 5.74) is 2.02. The number of carbonyl (C=O) groups is 1. The molecule has 0 aliphatic heterocycles. The molecule has 0 atom stereocenters. The molecule has 1 amide bonds. The largest absolute Gasteiger partial charge is 0.322 e. The summed E-state index contributed by atoms with van der Waals surface area (Å²) in [5.74, 6) is 2.14. The molecule has 0 aromatic heterocycles. The molecule has 3 aromatic rings. The second-order valence-corrected chi connectivity index (χ2v) is 7.36. The lowest BCUT2D eigenvalue weighted by Crippen LogP contribution is -2.14. The summed E-state index contributed by atoms with van der Waals surface area (Å²) in [5, 5.41) is 2.73. The van der Waals surface area contributed by atoms with Crippen LogP contribution < -0.4 is 10.0 Å². The summed E-state index contributed by atoms with van der Waals surface area (Å²) in [7, 11) is -3.73. The highest BCUT2D eigenvalue weighted by Gasteiger charge is 2.15. The van der Waals surface area contributed by atoms with Crippen LogP contribution in [0.1, 0.15) is 15.9 Å². The zero-order valence-corrected chi connectivity index (χ0v) is 15.0. The van der Waals surface area contributed by atoms with Gasteiger partial charge >= 0.3 is 0 Å². The van der Waals surface area contributed by atoms with E-state index in [1.54, 1.807) is 54.6 Å². The van der Waals surface area contributed by atoms with Gasteiger partial charge in [-0.05, 0) is 54.6 Å². The Bertz CT molecular complexity index is 1100. The second-order valence-electron chi connectivity index (χ2n) is 5.68. The summed E-state index contributed by atoms with van der Waals surface area (Å²) in [6.45, 7) is 0. The molecule has 3 aromatic carbocycles. The SMILES string of the molecule is C#Cc1cccc(NC(=O)c2ccc(S(=O)(=O)Nc3ccccc3)cc2)c1. The summed E-state index contributed by atoms with van der Waals surface area (Å²) in [4.78, 5) is 12.4. The fraction of sp³-hybridized carbons (Fsp3) is 0. The van der Waals surface area contributed by atoms with Crippen LogP contribution in [0.2, 0.25) is 0 Å². The molecule has 0 aliphatic rings. The van der Waals surface area contributed by atoms with Gasteiger partial charge in [0.1, 0.15) is 0 Å². The fourth-order valence-corrected chi connectivity index (χ4v) is 3.45. The number of hydrogen-bond acceptors (Lipinski definition) is 3. The molecule has 3 rings (SSSR count). The van der Waals surface area contributed by atoms with E-state index in [9.17, 15) is 13.2 Å². The van der Waals surface area contributed by atoms with Crippen LogP contribution in [0.3, 0.4) is 0 Å². The van der Waals surface area contributed by atoms with Gasteiger partial charge in [0.15, 0.2) is 0 Å². The first-order valence-electron chi connectivity index (χ1n) is 8.04. The average molecular weight is 376 g/mol. The molecule has 0 radical (unpaired) electrons. The Labute approximate surface area is 158 Å². The smallest absolute Gasteiger partial charge is 0.261 e. The molecule has 0 heterocycles. The maximum atomic E-state index is 12.4. The molecule has 0 bridgehead atoms. The van der Waals surface area contributed by atoms with Crippen molar-refractivity contribution < 1.29 is 13.2 Å². The van der Waals surface area contributed by atoms with Gasteiger partial charge < -0.3 is 5.32 Å². The maximum absolute atomic E-state index is 12.4. The Hall–Kier alpha value is -3.56. The quantitative estimate of drug-likeness (QED) is 0.667. The molecule has 0 saturated heterocycles. The minimum Gasteiger partial charge on any atom is -0.322 e. The van der Waals surface area contributed by atoms with E-state index in [0.29, 0.717) is 22.5 Å². The van der Waals surface area contributed by atoms with Gasteiger partial charge in [0.2, 0.25) is 0 Å². The third-order valence-electron chi connectivity index (χ3n) is 3.74. The van der Waals surface area contributed by atoms with E-state index in [-0.39, 0.29) is 10.8 Å². The van der Waals surface area contributed by atoms with Crippen molar-refractivity contribution >= 4 is 27.3 Å². The molecule has 0 saturated carbocycles. The van der Waals surface area contributed by atoms with Crippen LogP contribution >= 0.6 is 0 Å². The van der Waals surface area contributed by atoms with Crippen LogP contribution in [-0.2, 0) is 10.0 Å². The number of amides is 1. The van der Waals surface area contributed by atoms with Crippen LogP contribution in [0.25, 0.3) is 0 Å². The maximum Gasteiger partial charge on any atom is 0.261 e. The number of anilines is 2. The Balaban J connectivity index is 1.74. The van der Waals surface area contributed by atoms with Crippen molar-refractivity contribution in [3.8, 4) is 12.3 Å². The molecule has 0 spiro atoms. The van der Waals surface area contributed by atoms with Gasteiger partial charge in [-0.1, -0.05) is 30.2 Å². The van der Waals surface area contributed by atoms with Crippen molar-refractivity contribution in [3.63, 3.8) is 0 Å². The van der Waals surface area contributed by atoms with Crippen LogP contribution in [-0.4, -0.2) is 14.3 Å². The van der Waals surface area contributed by atoms with E-state index in [4.69, 9.17) is 6.42 Å². The van der Waals surface area contributed by atoms with Crippen molar-refractivity contribution in [2.45, 2.75) is 4.90 Å². The minimum absolute atomic E-state index is 0.0669. The van der Waals surface area contributed by atoms with Crippen molar-refractivity contribution in [1.82, 2.24) is 0 Å². The monoisotopic (exact) mass is 376 g/mol. The lowest BCUT2D eigenvalue weighted by atomic mass is 10.2. The first-order valence-corrected chi connectivity index (χ1v) is 9.52. The lowest BCUT2D eigenvalue weighted by Gasteiger charge is -2.09. The highest BCUT2D eigenvalue weighted by Crippen LogP contribution is 2.17. The Kier molecular flexibility index (Phi) is 5.25. The average Bonchev–Trinajstić information content (AvgIpc) is 2.68. The van der Waals surface area contributed by atoms with Crippen molar-refractivity contribution in [2.75, 3.05) is 10.0 Å². The van der Waals surface area contributed by atoms with Gasteiger partial charge in [-0.2, -0.15) is 0 Å². The van der Waals surface area contributed by atoms with Gasteiger partial charge in [0.05, 0.1) is 4.90 Å². The molecule has 6 heteroatoms. The zero-order valence-electron chi connectivity index (χ0n) is 14.2. The molecule has 0 aliphatic carbocycles. The summed E-state index contributed by atoms with van der Waals surface area (Å²) < 4.78 is 27.3. The molecule has 134 valence electrons. The molecule has 0 unspecified atom stereocenters. The Morgan fingerprint density at radius 2 is 1.52 bits per heavy atom. The van der Waals surface area contributed by atoms with Crippen LogP contribution in [0, 0.1) is 12.3 Å². The van der Waals surface area contributed by atoms with Crippen molar-refractivity contribution in [3.05, 3.63) is 90.0 Å². The number of terminal acetylenes is 1. The van der Waals surface area contributed by atoms with Gasteiger partial charge in [-0.15, -0.1) is 6.42 Å². The standard InChI is InChI=1S/C21H16N2O3S/c1-2-16-7-6-10-19(15-16)22-21(24)17-11-13-20(14-12-17)27(25,26)23-18-8-4-3-5-9-18/h1,3-15,23H,(H,22,24). The van der Waals surface area contributed by atoms with Gasteiger partial charge in [0, 0.05) is 22.5 Å². The minimum atomic E-state index is -3.73. The second kappa shape index (κ2) is 7.77.